The van der Waals surface area contributed by atoms with Crippen LogP contribution < -0.4 is 5.32 Å². The van der Waals surface area contributed by atoms with Crippen molar-refractivity contribution in [2.45, 2.75) is 69.9 Å². The average Bonchev–Trinajstić information content (AvgIpc) is 2.71. The number of amides is 2. The van der Waals surface area contributed by atoms with Gasteiger partial charge in [0.25, 0.3) is 0 Å². The zero-order valence-electron chi connectivity index (χ0n) is 11.6. The second kappa shape index (κ2) is 5.51. The summed E-state index contributed by atoms with van der Waals surface area (Å²) in [6.45, 7) is 0.655. The van der Waals surface area contributed by atoms with E-state index >= 15 is 0 Å². The fraction of sp³-hybridized carbons (Fsp3) is 0.867. The molecule has 3 aliphatic rings. The topological polar surface area (TPSA) is 49.4 Å². The molecule has 4 heteroatoms. The number of hydrogen-bond donors (Lipinski definition) is 1. The number of carbonyl (C=O) groups excluding carboxylic acids is 2. The highest BCUT2D eigenvalue weighted by Crippen LogP contribution is 2.31. The van der Waals surface area contributed by atoms with Crippen LogP contribution in [0.2, 0.25) is 0 Å². The monoisotopic (exact) mass is 264 g/mol. The van der Waals surface area contributed by atoms with Gasteiger partial charge >= 0.3 is 0 Å². The van der Waals surface area contributed by atoms with Crippen LogP contribution >= 0.6 is 0 Å². The van der Waals surface area contributed by atoms with Gasteiger partial charge in [-0.05, 0) is 32.1 Å². The fourth-order valence-corrected chi connectivity index (χ4v) is 3.52. The highest BCUT2D eigenvalue weighted by Gasteiger charge is 2.39. The van der Waals surface area contributed by atoms with E-state index in [-0.39, 0.29) is 17.7 Å². The van der Waals surface area contributed by atoms with E-state index in [2.05, 4.69) is 5.32 Å². The summed E-state index contributed by atoms with van der Waals surface area (Å²) in [5, 5.41) is 3.16. The molecule has 1 saturated heterocycles. The van der Waals surface area contributed by atoms with E-state index in [9.17, 15) is 9.59 Å². The number of nitrogens with zero attached hydrogens (tertiary/aromatic N) is 1. The lowest BCUT2D eigenvalue weighted by Gasteiger charge is -2.34. The normalized spacial score (nSPS) is 29.4. The molecule has 0 radical (unpaired) electrons. The maximum Gasteiger partial charge on any atom is 0.225 e. The molecule has 0 aromatic carbocycles. The Morgan fingerprint density at radius 2 is 1.79 bits per heavy atom. The molecule has 1 N–H and O–H groups in total. The molecule has 2 saturated carbocycles. The van der Waals surface area contributed by atoms with Crippen molar-refractivity contribution in [1.29, 1.82) is 0 Å². The number of carbonyl (C=O) groups is 2. The van der Waals surface area contributed by atoms with E-state index in [1.165, 1.54) is 25.7 Å². The standard InChI is InChI=1S/C15H24N2O2/c18-14-9-11(10-17(14)13-7-4-8-13)15(19)16-12-5-2-1-3-6-12/h11-13H,1-10H2,(H,16,19). The maximum absolute atomic E-state index is 12.2. The molecule has 1 atom stereocenters. The van der Waals surface area contributed by atoms with Crippen molar-refractivity contribution in [2.24, 2.45) is 5.92 Å². The van der Waals surface area contributed by atoms with Crippen LogP contribution in [0.1, 0.15) is 57.8 Å². The molecule has 1 heterocycles. The van der Waals surface area contributed by atoms with Crippen molar-refractivity contribution in [3.05, 3.63) is 0 Å². The Bertz CT molecular complexity index is 359. The highest BCUT2D eigenvalue weighted by atomic mass is 16.2. The van der Waals surface area contributed by atoms with Gasteiger partial charge in [0.1, 0.15) is 0 Å². The second-order valence-corrected chi connectivity index (χ2v) is 6.38. The van der Waals surface area contributed by atoms with Gasteiger partial charge in [-0.15, -0.1) is 0 Å². The SMILES string of the molecule is O=C(NC1CCCCC1)C1CC(=O)N(C2CCC2)C1. The van der Waals surface area contributed by atoms with Gasteiger partial charge in [0.05, 0.1) is 5.92 Å². The summed E-state index contributed by atoms with van der Waals surface area (Å²) in [6.07, 6.45) is 9.88. The largest absolute Gasteiger partial charge is 0.353 e. The Morgan fingerprint density at radius 3 is 2.42 bits per heavy atom. The predicted molar refractivity (Wildman–Crippen MR) is 72.5 cm³/mol. The van der Waals surface area contributed by atoms with Gasteiger partial charge < -0.3 is 10.2 Å². The smallest absolute Gasteiger partial charge is 0.225 e. The maximum atomic E-state index is 12.2. The van der Waals surface area contributed by atoms with Crippen molar-refractivity contribution in [3.8, 4) is 0 Å². The van der Waals surface area contributed by atoms with Gasteiger partial charge in [0, 0.05) is 25.0 Å². The van der Waals surface area contributed by atoms with E-state index in [0.717, 1.165) is 25.7 Å². The minimum atomic E-state index is -0.102. The molecule has 0 aromatic rings. The molecule has 1 aliphatic heterocycles. The molecule has 0 spiro atoms. The van der Waals surface area contributed by atoms with Crippen LogP contribution in [-0.2, 0) is 9.59 Å². The lowest BCUT2D eigenvalue weighted by molar-refractivity contribution is -0.131. The highest BCUT2D eigenvalue weighted by molar-refractivity contribution is 5.89. The zero-order valence-corrected chi connectivity index (χ0v) is 11.6. The summed E-state index contributed by atoms with van der Waals surface area (Å²) in [5.41, 5.74) is 0. The molecule has 4 nitrogen and oxygen atoms in total. The summed E-state index contributed by atoms with van der Waals surface area (Å²) in [6, 6.07) is 0.786. The van der Waals surface area contributed by atoms with Gasteiger partial charge in [0.15, 0.2) is 0 Å². The second-order valence-electron chi connectivity index (χ2n) is 6.38. The van der Waals surface area contributed by atoms with Crippen molar-refractivity contribution < 1.29 is 9.59 Å². The first-order valence-corrected chi connectivity index (χ1v) is 7.84. The first-order valence-electron chi connectivity index (χ1n) is 7.84. The van der Waals surface area contributed by atoms with Crippen LogP contribution in [0.5, 0.6) is 0 Å². The molecule has 2 amide bonds. The fourth-order valence-electron chi connectivity index (χ4n) is 3.52. The zero-order chi connectivity index (χ0) is 13.2. The Balaban J connectivity index is 1.51. The van der Waals surface area contributed by atoms with E-state index < -0.39 is 0 Å². The molecule has 3 rings (SSSR count). The Labute approximate surface area is 114 Å². The Kier molecular flexibility index (Phi) is 3.76. The van der Waals surface area contributed by atoms with Gasteiger partial charge in [0.2, 0.25) is 11.8 Å². The van der Waals surface area contributed by atoms with E-state index in [0.29, 0.717) is 25.0 Å². The molecule has 0 aromatic heterocycles. The summed E-state index contributed by atoms with van der Waals surface area (Å²) in [5.74, 6) is 0.200. The molecular formula is C15H24N2O2. The minimum absolute atomic E-state index is 0.102. The van der Waals surface area contributed by atoms with Gasteiger partial charge in [-0.2, -0.15) is 0 Å². The molecule has 2 aliphatic carbocycles. The van der Waals surface area contributed by atoms with Crippen LogP contribution in [-0.4, -0.2) is 35.3 Å². The molecule has 106 valence electrons. The van der Waals surface area contributed by atoms with Crippen LogP contribution in [0.3, 0.4) is 0 Å². The third-order valence-corrected chi connectivity index (χ3v) is 5.00. The quantitative estimate of drug-likeness (QED) is 0.845. The summed E-state index contributed by atoms with van der Waals surface area (Å²) >= 11 is 0. The summed E-state index contributed by atoms with van der Waals surface area (Å²) in [4.78, 5) is 26.2. The van der Waals surface area contributed by atoms with Gasteiger partial charge in [-0.1, -0.05) is 19.3 Å². The molecule has 3 fully saturated rings. The Morgan fingerprint density at radius 1 is 1.05 bits per heavy atom. The average molecular weight is 264 g/mol. The lowest BCUT2D eigenvalue weighted by Crippen LogP contribution is -2.43. The third-order valence-electron chi connectivity index (χ3n) is 5.00. The number of likely N-dealkylation sites (tertiary alicyclic amines) is 1. The first kappa shape index (κ1) is 12.9. The van der Waals surface area contributed by atoms with Gasteiger partial charge in [-0.25, -0.2) is 0 Å². The van der Waals surface area contributed by atoms with E-state index in [4.69, 9.17) is 0 Å². The van der Waals surface area contributed by atoms with Gasteiger partial charge in [-0.3, -0.25) is 9.59 Å². The molecule has 1 unspecified atom stereocenters. The number of rotatable bonds is 3. The minimum Gasteiger partial charge on any atom is -0.353 e. The molecular weight excluding hydrogens is 240 g/mol. The number of hydrogen-bond acceptors (Lipinski definition) is 2. The molecule has 0 bridgehead atoms. The first-order chi connectivity index (χ1) is 9.24. The van der Waals surface area contributed by atoms with Crippen LogP contribution in [0.25, 0.3) is 0 Å². The lowest BCUT2D eigenvalue weighted by atomic mass is 9.92. The van der Waals surface area contributed by atoms with E-state index in [1.54, 1.807) is 0 Å². The van der Waals surface area contributed by atoms with Crippen LogP contribution in [0.15, 0.2) is 0 Å². The van der Waals surface area contributed by atoms with Crippen molar-refractivity contribution in [2.75, 3.05) is 6.54 Å². The number of nitrogens with one attached hydrogen (secondary N) is 1. The van der Waals surface area contributed by atoms with Crippen molar-refractivity contribution >= 4 is 11.8 Å². The van der Waals surface area contributed by atoms with Crippen molar-refractivity contribution in [3.63, 3.8) is 0 Å². The van der Waals surface area contributed by atoms with Crippen LogP contribution in [0.4, 0.5) is 0 Å². The summed E-state index contributed by atoms with van der Waals surface area (Å²) in [7, 11) is 0. The van der Waals surface area contributed by atoms with E-state index in [1.807, 2.05) is 4.90 Å². The summed E-state index contributed by atoms with van der Waals surface area (Å²) < 4.78 is 0. The third kappa shape index (κ3) is 2.77. The van der Waals surface area contributed by atoms with Crippen LogP contribution in [0, 0.1) is 5.92 Å². The molecule has 19 heavy (non-hydrogen) atoms. The van der Waals surface area contributed by atoms with Crippen molar-refractivity contribution in [1.82, 2.24) is 10.2 Å². The predicted octanol–water partition coefficient (Wildman–Crippen LogP) is 1.84. The Hall–Kier alpha value is -1.06.